The summed E-state index contributed by atoms with van der Waals surface area (Å²) in [5, 5.41) is 13.4. The van der Waals surface area contributed by atoms with Crippen LogP contribution in [0.3, 0.4) is 0 Å². The van der Waals surface area contributed by atoms with Crippen LogP contribution in [0.4, 0.5) is 5.69 Å². The van der Waals surface area contributed by atoms with E-state index in [1.165, 1.54) is 11.1 Å². The molecule has 1 aliphatic carbocycles. The SMILES string of the molecule is N=C(N)c1ccc(NC(=O)C(C(=O)N[C@H]2CCc3cc(Br)ccc3C2)c2ccccc2)cc1. The van der Waals surface area contributed by atoms with Crippen molar-refractivity contribution in [2.24, 2.45) is 5.73 Å². The van der Waals surface area contributed by atoms with E-state index >= 15 is 0 Å². The number of hydrogen-bond acceptors (Lipinski definition) is 3. The second kappa shape index (κ2) is 10.0. The zero-order chi connectivity index (χ0) is 23.4. The van der Waals surface area contributed by atoms with Gasteiger partial charge in [-0.15, -0.1) is 0 Å². The van der Waals surface area contributed by atoms with Crippen LogP contribution in [0.5, 0.6) is 0 Å². The fourth-order valence-corrected chi connectivity index (χ4v) is 4.55. The summed E-state index contributed by atoms with van der Waals surface area (Å²) in [6, 6.07) is 21.9. The number of halogens is 1. The van der Waals surface area contributed by atoms with Gasteiger partial charge in [-0.1, -0.05) is 52.3 Å². The van der Waals surface area contributed by atoms with Gasteiger partial charge in [0.15, 0.2) is 0 Å². The van der Waals surface area contributed by atoms with Crippen molar-refractivity contribution in [3.63, 3.8) is 0 Å². The van der Waals surface area contributed by atoms with E-state index in [0.29, 0.717) is 16.8 Å². The largest absolute Gasteiger partial charge is 0.384 e. The molecule has 0 saturated carbocycles. The Kier molecular flexibility index (Phi) is 6.89. The fourth-order valence-electron chi connectivity index (χ4n) is 4.15. The number of nitrogens with one attached hydrogen (secondary N) is 3. The van der Waals surface area contributed by atoms with Gasteiger partial charge in [0.2, 0.25) is 11.8 Å². The first-order valence-corrected chi connectivity index (χ1v) is 11.6. The monoisotopic (exact) mass is 504 g/mol. The summed E-state index contributed by atoms with van der Waals surface area (Å²) in [6.07, 6.45) is 2.44. The number of carbonyl (C=O) groups is 2. The minimum atomic E-state index is -0.981. The third-order valence-corrected chi connectivity index (χ3v) is 6.36. The third-order valence-electron chi connectivity index (χ3n) is 5.86. The highest BCUT2D eigenvalue weighted by molar-refractivity contribution is 9.10. The lowest BCUT2D eigenvalue weighted by Crippen LogP contribution is -2.44. The Morgan fingerprint density at radius 3 is 2.39 bits per heavy atom. The molecule has 3 aromatic rings. The molecule has 0 spiro atoms. The van der Waals surface area contributed by atoms with Gasteiger partial charge in [-0.05, 0) is 72.4 Å². The van der Waals surface area contributed by atoms with Crippen molar-refractivity contribution in [1.29, 1.82) is 5.41 Å². The lowest BCUT2D eigenvalue weighted by atomic mass is 9.87. The highest BCUT2D eigenvalue weighted by Gasteiger charge is 2.31. The second-order valence-electron chi connectivity index (χ2n) is 8.19. The molecule has 0 bridgehead atoms. The quantitative estimate of drug-likeness (QED) is 0.230. The summed E-state index contributed by atoms with van der Waals surface area (Å²) in [5.74, 6) is -1.75. The van der Waals surface area contributed by atoms with Crippen LogP contribution >= 0.6 is 15.9 Å². The van der Waals surface area contributed by atoms with Gasteiger partial charge in [-0.2, -0.15) is 0 Å². The molecule has 0 heterocycles. The Morgan fingerprint density at radius 2 is 1.70 bits per heavy atom. The van der Waals surface area contributed by atoms with Gasteiger partial charge in [0.1, 0.15) is 11.8 Å². The van der Waals surface area contributed by atoms with Crippen LogP contribution in [0.2, 0.25) is 0 Å². The summed E-state index contributed by atoms with van der Waals surface area (Å²) >= 11 is 3.51. The summed E-state index contributed by atoms with van der Waals surface area (Å²) in [4.78, 5) is 26.5. The molecule has 0 aromatic heterocycles. The minimum absolute atomic E-state index is 0.0277. The van der Waals surface area contributed by atoms with Crippen molar-refractivity contribution in [1.82, 2.24) is 5.32 Å². The van der Waals surface area contributed by atoms with Gasteiger partial charge in [-0.3, -0.25) is 15.0 Å². The predicted molar refractivity (Wildman–Crippen MR) is 133 cm³/mol. The van der Waals surface area contributed by atoms with Gasteiger partial charge >= 0.3 is 0 Å². The Hall–Kier alpha value is -3.45. The molecule has 7 heteroatoms. The van der Waals surface area contributed by atoms with Crippen LogP contribution in [0.25, 0.3) is 0 Å². The van der Waals surface area contributed by atoms with Crippen LogP contribution in [-0.2, 0) is 22.4 Å². The molecule has 33 heavy (non-hydrogen) atoms. The van der Waals surface area contributed by atoms with E-state index in [1.807, 2.05) is 24.3 Å². The number of benzene rings is 3. The van der Waals surface area contributed by atoms with E-state index in [4.69, 9.17) is 11.1 Å². The van der Waals surface area contributed by atoms with E-state index in [9.17, 15) is 9.59 Å². The standard InChI is InChI=1S/C26H25BrN4O2/c27-20-10-6-19-15-22(13-9-18(19)14-20)31-26(33)23(16-4-2-1-3-5-16)25(32)30-21-11-7-17(8-12-21)24(28)29/h1-8,10-12,14,22-23H,9,13,15H2,(H3,28,29)(H,30,32)(H,31,33)/t22-,23?/m0/s1. The molecule has 0 saturated heterocycles. The molecular weight excluding hydrogens is 480 g/mol. The van der Waals surface area contributed by atoms with Gasteiger partial charge in [0, 0.05) is 21.8 Å². The second-order valence-corrected chi connectivity index (χ2v) is 9.10. The number of amidine groups is 1. The number of carbonyl (C=O) groups excluding carboxylic acids is 2. The summed E-state index contributed by atoms with van der Waals surface area (Å²) in [7, 11) is 0. The summed E-state index contributed by atoms with van der Waals surface area (Å²) in [6.45, 7) is 0. The van der Waals surface area contributed by atoms with Crippen molar-refractivity contribution < 1.29 is 9.59 Å². The van der Waals surface area contributed by atoms with Gasteiger partial charge in [0.25, 0.3) is 0 Å². The first-order chi connectivity index (χ1) is 15.9. The third kappa shape index (κ3) is 5.49. The number of hydrogen-bond donors (Lipinski definition) is 4. The number of fused-ring (bicyclic) bond motifs is 1. The number of rotatable bonds is 6. The molecule has 1 unspecified atom stereocenters. The van der Waals surface area contributed by atoms with Crippen LogP contribution in [0.15, 0.2) is 77.3 Å². The van der Waals surface area contributed by atoms with Crippen molar-refractivity contribution in [3.8, 4) is 0 Å². The van der Waals surface area contributed by atoms with E-state index in [2.05, 4.69) is 38.7 Å². The van der Waals surface area contributed by atoms with Crippen molar-refractivity contribution >= 4 is 39.3 Å². The molecule has 2 atom stereocenters. The number of nitrogen functional groups attached to an aromatic ring is 1. The van der Waals surface area contributed by atoms with Crippen LogP contribution in [0, 0.1) is 5.41 Å². The van der Waals surface area contributed by atoms with Crippen LogP contribution in [-0.4, -0.2) is 23.7 Å². The molecule has 0 fully saturated rings. The number of aryl methyl sites for hydroxylation is 1. The van der Waals surface area contributed by atoms with E-state index in [-0.39, 0.29) is 17.8 Å². The maximum Gasteiger partial charge on any atom is 0.241 e. The molecule has 1 aliphatic rings. The van der Waals surface area contributed by atoms with Crippen LogP contribution in [0.1, 0.15) is 34.6 Å². The minimum Gasteiger partial charge on any atom is -0.384 e. The number of anilines is 1. The Balaban J connectivity index is 1.50. The lowest BCUT2D eigenvalue weighted by molar-refractivity contribution is -0.129. The Labute approximate surface area is 201 Å². The zero-order valence-corrected chi connectivity index (χ0v) is 19.6. The Bertz CT molecular complexity index is 1180. The average Bonchev–Trinajstić information content (AvgIpc) is 2.80. The molecule has 2 amide bonds. The first-order valence-electron chi connectivity index (χ1n) is 10.8. The molecule has 5 N–H and O–H groups in total. The van der Waals surface area contributed by atoms with Gasteiger partial charge in [0.05, 0.1) is 0 Å². The maximum atomic E-state index is 13.3. The fraction of sp³-hybridized carbons (Fsp3) is 0.192. The molecule has 4 rings (SSSR count). The van der Waals surface area contributed by atoms with Crippen molar-refractivity contribution in [2.45, 2.75) is 31.2 Å². The molecular formula is C26H25BrN4O2. The van der Waals surface area contributed by atoms with E-state index in [0.717, 1.165) is 23.7 Å². The predicted octanol–water partition coefficient (Wildman–Crippen LogP) is 4.13. The summed E-state index contributed by atoms with van der Waals surface area (Å²) < 4.78 is 1.06. The molecule has 168 valence electrons. The highest BCUT2D eigenvalue weighted by atomic mass is 79.9. The topological polar surface area (TPSA) is 108 Å². The zero-order valence-electron chi connectivity index (χ0n) is 18.0. The Morgan fingerprint density at radius 1 is 0.970 bits per heavy atom. The molecule has 0 aliphatic heterocycles. The lowest BCUT2D eigenvalue weighted by Gasteiger charge is -2.27. The molecule has 3 aromatic carbocycles. The van der Waals surface area contributed by atoms with Crippen LogP contribution < -0.4 is 16.4 Å². The maximum absolute atomic E-state index is 13.3. The van der Waals surface area contributed by atoms with Gasteiger partial charge in [-0.25, -0.2) is 0 Å². The molecule has 6 nitrogen and oxygen atoms in total. The van der Waals surface area contributed by atoms with E-state index in [1.54, 1.807) is 36.4 Å². The van der Waals surface area contributed by atoms with E-state index < -0.39 is 11.8 Å². The highest BCUT2D eigenvalue weighted by Crippen LogP contribution is 2.26. The molecule has 0 radical (unpaired) electrons. The number of nitrogens with two attached hydrogens (primary N) is 1. The summed E-state index contributed by atoms with van der Waals surface area (Å²) in [5.41, 5.74) is 9.75. The average molecular weight is 505 g/mol. The number of amides is 2. The normalized spacial score (nSPS) is 15.7. The van der Waals surface area contributed by atoms with Crippen molar-refractivity contribution in [2.75, 3.05) is 5.32 Å². The first kappa shape index (κ1) is 22.7. The van der Waals surface area contributed by atoms with Gasteiger partial charge < -0.3 is 16.4 Å². The smallest absolute Gasteiger partial charge is 0.241 e. The van der Waals surface area contributed by atoms with Crippen molar-refractivity contribution in [3.05, 3.63) is 99.5 Å².